The van der Waals surface area contributed by atoms with Crippen molar-refractivity contribution in [2.75, 3.05) is 31.5 Å². The Labute approximate surface area is 166 Å². The minimum Gasteiger partial charge on any atom is -0.337 e. The molecule has 0 bridgehead atoms. The number of carbonyl (C=O) groups is 2. The smallest absolute Gasteiger partial charge is 0.246 e. The van der Waals surface area contributed by atoms with Crippen LogP contribution in [0.15, 0.2) is 54.6 Å². The molecule has 2 aromatic carbocycles. The molecule has 146 valence electrons. The number of carbonyl (C=O) groups excluding carboxylic acids is 2. The number of benzene rings is 2. The van der Waals surface area contributed by atoms with Crippen LogP contribution in [0.5, 0.6) is 0 Å². The first-order valence-corrected chi connectivity index (χ1v) is 9.63. The summed E-state index contributed by atoms with van der Waals surface area (Å²) in [7, 11) is 0. The average Bonchev–Trinajstić information content (AvgIpc) is 2.69. The molecule has 0 aromatic heterocycles. The Kier molecular flexibility index (Phi) is 6.61. The van der Waals surface area contributed by atoms with E-state index in [9.17, 15) is 9.59 Å². The van der Waals surface area contributed by atoms with E-state index in [1.54, 1.807) is 6.08 Å². The van der Waals surface area contributed by atoms with E-state index in [0.29, 0.717) is 0 Å². The molecule has 0 radical (unpaired) electrons. The van der Waals surface area contributed by atoms with E-state index in [-0.39, 0.29) is 11.8 Å². The van der Waals surface area contributed by atoms with Crippen LogP contribution in [-0.4, -0.2) is 47.8 Å². The maximum absolute atomic E-state index is 12.5. The minimum atomic E-state index is -0.0972. The Balaban J connectivity index is 1.49. The van der Waals surface area contributed by atoms with Gasteiger partial charge in [0.15, 0.2) is 0 Å². The lowest BCUT2D eigenvalue weighted by Gasteiger charge is -2.34. The zero-order valence-electron chi connectivity index (χ0n) is 16.5. The third-order valence-electron chi connectivity index (χ3n) is 4.99. The number of anilines is 1. The Hall–Kier alpha value is -2.92. The first-order chi connectivity index (χ1) is 13.5. The highest BCUT2D eigenvalue weighted by Gasteiger charge is 2.19. The van der Waals surface area contributed by atoms with Crippen LogP contribution in [0, 0.1) is 6.92 Å². The first kappa shape index (κ1) is 19.8. The maximum Gasteiger partial charge on any atom is 0.246 e. The fourth-order valence-corrected chi connectivity index (χ4v) is 3.31. The molecule has 2 aromatic rings. The van der Waals surface area contributed by atoms with Crippen molar-refractivity contribution in [1.29, 1.82) is 0 Å². The van der Waals surface area contributed by atoms with E-state index in [1.165, 1.54) is 18.1 Å². The summed E-state index contributed by atoms with van der Waals surface area (Å²) in [6.07, 6.45) is 3.45. The fraction of sp³-hybridized carbons (Fsp3) is 0.304. The second-order valence-electron chi connectivity index (χ2n) is 7.16. The van der Waals surface area contributed by atoms with Gasteiger partial charge in [0.25, 0.3) is 0 Å². The summed E-state index contributed by atoms with van der Waals surface area (Å²) in [5, 5.41) is 2.73. The van der Waals surface area contributed by atoms with Crippen LogP contribution in [0.2, 0.25) is 0 Å². The minimum absolute atomic E-state index is 0.0430. The van der Waals surface area contributed by atoms with Gasteiger partial charge in [0, 0.05) is 51.4 Å². The molecule has 0 aliphatic carbocycles. The van der Waals surface area contributed by atoms with E-state index >= 15 is 0 Å². The number of hydrogen-bond donors (Lipinski definition) is 1. The fourth-order valence-electron chi connectivity index (χ4n) is 3.31. The van der Waals surface area contributed by atoms with Gasteiger partial charge in [-0.1, -0.05) is 36.4 Å². The molecule has 0 unspecified atom stereocenters. The molecule has 1 aliphatic heterocycles. The number of rotatable bonds is 5. The number of amides is 2. The van der Waals surface area contributed by atoms with E-state index < -0.39 is 0 Å². The van der Waals surface area contributed by atoms with Crippen LogP contribution in [-0.2, 0) is 16.1 Å². The molecule has 0 atom stereocenters. The van der Waals surface area contributed by atoms with Gasteiger partial charge in [-0.25, -0.2) is 0 Å². The van der Waals surface area contributed by atoms with Crippen molar-refractivity contribution >= 4 is 23.6 Å². The highest BCUT2D eigenvalue weighted by atomic mass is 16.2. The van der Waals surface area contributed by atoms with Gasteiger partial charge < -0.3 is 10.2 Å². The van der Waals surface area contributed by atoms with Gasteiger partial charge in [-0.3, -0.25) is 14.5 Å². The highest BCUT2D eigenvalue weighted by Crippen LogP contribution is 2.14. The van der Waals surface area contributed by atoms with Gasteiger partial charge in [0.05, 0.1) is 0 Å². The lowest BCUT2D eigenvalue weighted by molar-refractivity contribution is -0.127. The predicted octanol–water partition coefficient (Wildman–Crippen LogP) is 3.31. The summed E-state index contributed by atoms with van der Waals surface area (Å²) >= 11 is 0. The largest absolute Gasteiger partial charge is 0.337 e. The van der Waals surface area contributed by atoms with Crippen molar-refractivity contribution in [3.8, 4) is 0 Å². The molecule has 1 fully saturated rings. The number of piperazine rings is 1. The molecule has 3 rings (SSSR count). The molecule has 0 saturated carbocycles. The number of aryl methyl sites for hydroxylation is 1. The third-order valence-corrected chi connectivity index (χ3v) is 4.99. The van der Waals surface area contributed by atoms with Gasteiger partial charge in [-0.15, -0.1) is 0 Å². The van der Waals surface area contributed by atoms with Gasteiger partial charge >= 0.3 is 0 Å². The van der Waals surface area contributed by atoms with Crippen molar-refractivity contribution in [2.24, 2.45) is 0 Å². The SMILES string of the molecule is CC(=O)Nc1ccc(/C=C/C(=O)N2CCN(Cc3ccccc3C)CC2)cc1. The monoisotopic (exact) mass is 377 g/mol. The summed E-state index contributed by atoms with van der Waals surface area (Å²) in [5.74, 6) is -0.0542. The van der Waals surface area contributed by atoms with Gasteiger partial charge in [0.1, 0.15) is 0 Å². The second kappa shape index (κ2) is 9.33. The Morgan fingerprint density at radius 1 is 1.00 bits per heavy atom. The van der Waals surface area contributed by atoms with Crippen molar-refractivity contribution in [1.82, 2.24) is 9.80 Å². The van der Waals surface area contributed by atoms with Crippen molar-refractivity contribution in [3.05, 3.63) is 71.3 Å². The lowest BCUT2D eigenvalue weighted by atomic mass is 10.1. The normalized spacial score (nSPS) is 15.0. The summed E-state index contributed by atoms with van der Waals surface area (Å²) in [4.78, 5) is 27.8. The third kappa shape index (κ3) is 5.54. The van der Waals surface area contributed by atoms with Crippen LogP contribution in [0.4, 0.5) is 5.69 Å². The molecule has 2 amide bonds. The molecule has 1 heterocycles. The Morgan fingerprint density at radius 2 is 1.68 bits per heavy atom. The van der Waals surface area contributed by atoms with Crippen LogP contribution < -0.4 is 5.32 Å². The van der Waals surface area contributed by atoms with E-state index in [4.69, 9.17) is 0 Å². The van der Waals surface area contributed by atoms with Gasteiger partial charge in [0.2, 0.25) is 11.8 Å². The highest BCUT2D eigenvalue weighted by molar-refractivity contribution is 5.92. The molecule has 28 heavy (non-hydrogen) atoms. The van der Waals surface area contributed by atoms with Crippen molar-refractivity contribution < 1.29 is 9.59 Å². The molecule has 0 spiro atoms. The number of nitrogens with one attached hydrogen (secondary N) is 1. The van der Waals surface area contributed by atoms with E-state index in [1.807, 2.05) is 35.2 Å². The van der Waals surface area contributed by atoms with Crippen LogP contribution in [0.3, 0.4) is 0 Å². The molecular formula is C23H27N3O2. The summed E-state index contributed by atoms with van der Waals surface area (Å²) in [6.45, 7) is 7.83. The second-order valence-corrected chi connectivity index (χ2v) is 7.16. The molecule has 1 saturated heterocycles. The summed E-state index contributed by atoms with van der Waals surface area (Å²) in [6, 6.07) is 15.9. The Bertz CT molecular complexity index is 850. The van der Waals surface area contributed by atoms with Crippen molar-refractivity contribution in [3.63, 3.8) is 0 Å². The average molecular weight is 377 g/mol. The predicted molar refractivity (Wildman–Crippen MR) is 113 cm³/mol. The summed E-state index contributed by atoms with van der Waals surface area (Å²) in [5.41, 5.74) is 4.35. The summed E-state index contributed by atoms with van der Waals surface area (Å²) < 4.78 is 0. The zero-order valence-corrected chi connectivity index (χ0v) is 16.5. The van der Waals surface area contributed by atoms with Crippen molar-refractivity contribution in [2.45, 2.75) is 20.4 Å². The standard InChI is InChI=1S/C23H27N3O2/c1-18-5-3-4-6-21(18)17-25-13-15-26(16-14-25)23(28)12-9-20-7-10-22(11-8-20)24-19(2)27/h3-12H,13-17H2,1-2H3,(H,24,27)/b12-9+. The molecule has 1 aliphatic rings. The van der Waals surface area contributed by atoms with Gasteiger partial charge in [-0.05, 0) is 41.8 Å². The van der Waals surface area contributed by atoms with E-state index in [0.717, 1.165) is 44.0 Å². The number of hydrogen-bond acceptors (Lipinski definition) is 3. The van der Waals surface area contributed by atoms with Crippen LogP contribution in [0.1, 0.15) is 23.6 Å². The number of nitrogens with zero attached hydrogens (tertiary/aromatic N) is 2. The van der Waals surface area contributed by atoms with Crippen LogP contribution >= 0.6 is 0 Å². The molecule has 5 nitrogen and oxygen atoms in total. The topological polar surface area (TPSA) is 52.7 Å². The first-order valence-electron chi connectivity index (χ1n) is 9.63. The molecule has 5 heteroatoms. The van der Waals surface area contributed by atoms with Gasteiger partial charge in [-0.2, -0.15) is 0 Å². The zero-order chi connectivity index (χ0) is 19.9. The quantitative estimate of drug-likeness (QED) is 0.814. The van der Waals surface area contributed by atoms with E-state index in [2.05, 4.69) is 41.4 Å². The maximum atomic E-state index is 12.5. The lowest BCUT2D eigenvalue weighted by Crippen LogP contribution is -2.47. The molecule has 1 N–H and O–H groups in total. The molecular weight excluding hydrogens is 350 g/mol. The van der Waals surface area contributed by atoms with Crippen LogP contribution in [0.25, 0.3) is 6.08 Å². The Morgan fingerprint density at radius 3 is 2.32 bits per heavy atom.